The molecule has 1 amide bonds. The predicted octanol–water partition coefficient (Wildman–Crippen LogP) is -0.0689. The van der Waals surface area contributed by atoms with E-state index in [0.717, 1.165) is 7.11 Å². The van der Waals surface area contributed by atoms with Gasteiger partial charge in [-0.25, -0.2) is 4.79 Å². The van der Waals surface area contributed by atoms with Gasteiger partial charge in [0.05, 0.1) is 19.4 Å². The third-order valence-corrected chi connectivity index (χ3v) is 3.30. The van der Waals surface area contributed by atoms with Crippen LogP contribution in [0.5, 0.6) is 5.75 Å². The standard InChI is InChI=1S/C14H17N3O5/c1-7(18)11(14(21)22-3)16-13(20)8-4-9-6-15-17(2)12(9)10(19)5-8/h4-7,11,18-19H,1-3H3,(H,16,20). The predicted molar refractivity (Wildman–Crippen MR) is 77.3 cm³/mol. The van der Waals surface area contributed by atoms with Crippen LogP contribution in [0.15, 0.2) is 18.3 Å². The van der Waals surface area contributed by atoms with Gasteiger partial charge in [0.15, 0.2) is 6.04 Å². The minimum atomic E-state index is -1.19. The topological polar surface area (TPSA) is 114 Å². The van der Waals surface area contributed by atoms with Crippen LogP contribution in [0.1, 0.15) is 17.3 Å². The summed E-state index contributed by atoms with van der Waals surface area (Å²) in [4.78, 5) is 23.8. The van der Waals surface area contributed by atoms with E-state index in [-0.39, 0.29) is 11.3 Å². The lowest BCUT2D eigenvalue weighted by atomic mass is 10.1. The number of amides is 1. The van der Waals surface area contributed by atoms with Gasteiger partial charge in [0.1, 0.15) is 11.3 Å². The Bertz CT molecular complexity index is 723. The summed E-state index contributed by atoms with van der Waals surface area (Å²) in [6, 6.07) is 1.62. The molecule has 0 bridgehead atoms. The maximum Gasteiger partial charge on any atom is 0.331 e. The number of aromatic nitrogens is 2. The van der Waals surface area contributed by atoms with E-state index in [2.05, 4.69) is 15.2 Å². The van der Waals surface area contributed by atoms with Gasteiger partial charge in [0.25, 0.3) is 5.91 Å². The Hall–Kier alpha value is -2.61. The van der Waals surface area contributed by atoms with Gasteiger partial charge < -0.3 is 20.3 Å². The van der Waals surface area contributed by atoms with Crippen molar-refractivity contribution in [2.75, 3.05) is 7.11 Å². The highest BCUT2D eigenvalue weighted by Gasteiger charge is 2.27. The fraction of sp³-hybridized carbons (Fsp3) is 0.357. The fourth-order valence-corrected chi connectivity index (χ4v) is 2.16. The molecule has 1 aromatic heterocycles. The number of nitrogens with one attached hydrogen (secondary N) is 1. The summed E-state index contributed by atoms with van der Waals surface area (Å²) in [5.41, 5.74) is 0.643. The number of aliphatic hydroxyl groups is 1. The van der Waals surface area contributed by atoms with Crippen LogP contribution in [0.2, 0.25) is 0 Å². The Kier molecular flexibility index (Phi) is 4.32. The molecule has 0 aliphatic carbocycles. The maximum atomic E-state index is 12.2. The molecule has 0 aliphatic rings. The molecule has 22 heavy (non-hydrogen) atoms. The Balaban J connectivity index is 2.31. The lowest BCUT2D eigenvalue weighted by molar-refractivity contribution is -0.145. The third kappa shape index (κ3) is 2.86. The van der Waals surface area contributed by atoms with E-state index in [1.807, 2.05) is 0 Å². The van der Waals surface area contributed by atoms with E-state index in [9.17, 15) is 19.8 Å². The number of aliphatic hydroxyl groups excluding tert-OH is 1. The smallest absolute Gasteiger partial charge is 0.331 e. The van der Waals surface area contributed by atoms with E-state index in [4.69, 9.17) is 0 Å². The van der Waals surface area contributed by atoms with Crippen molar-refractivity contribution in [2.24, 2.45) is 7.05 Å². The van der Waals surface area contributed by atoms with E-state index < -0.39 is 24.0 Å². The number of rotatable bonds is 4. The Morgan fingerprint density at radius 2 is 2.09 bits per heavy atom. The number of carbonyl (C=O) groups excluding carboxylic acids is 2. The van der Waals surface area contributed by atoms with Gasteiger partial charge in [0, 0.05) is 18.0 Å². The van der Waals surface area contributed by atoms with Gasteiger partial charge in [-0.15, -0.1) is 0 Å². The van der Waals surface area contributed by atoms with Crippen LogP contribution in [-0.4, -0.2) is 51.1 Å². The number of aryl methyl sites for hydroxylation is 1. The molecule has 0 radical (unpaired) electrons. The highest BCUT2D eigenvalue weighted by atomic mass is 16.5. The average molecular weight is 307 g/mol. The van der Waals surface area contributed by atoms with Crippen molar-refractivity contribution in [3.05, 3.63) is 23.9 Å². The second kappa shape index (κ2) is 6.02. The number of carbonyl (C=O) groups is 2. The first-order valence-electron chi connectivity index (χ1n) is 6.56. The van der Waals surface area contributed by atoms with Gasteiger partial charge in [-0.2, -0.15) is 5.10 Å². The van der Waals surface area contributed by atoms with E-state index in [0.29, 0.717) is 10.9 Å². The molecule has 0 saturated heterocycles. The zero-order valence-electron chi connectivity index (χ0n) is 12.4. The number of phenolic OH excluding ortho intramolecular Hbond substituents is 1. The first-order chi connectivity index (χ1) is 10.3. The van der Waals surface area contributed by atoms with Crippen LogP contribution in [0.25, 0.3) is 10.9 Å². The normalized spacial score (nSPS) is 13.6. The fourth-order valence-electron chi connectivity index (χ4n) is 2.16. The SMILES string of the molecule is COC(=O)C(NC(=O)c1cc(O)c2c(cnn2C)c1)C(C)O. The Labute approximate surface area is 126 Å². The van der Waals surface area contributed by atoms with Crippen molar-refractivity contribution >= 4 is 22.8 Å². The molecule has 2 atom stereocenters. The molecule has 8 heteroatoms. The summed E-state index contributed by atoms with van der Waals surface area (Å²) in [5.74, 6) is -1.47. The van der Waals surface area contributed by atoms with Crippen LogP contribution in [0, 0.1) is 0 Å². The van der Waals surface area contributed by atoms with E-state index >= 15 is 0 Å². The van der Waals surface area contributed by atoms with Crippen molar-refractivity contribution in [3.8, 4) is 5.75 Å². The summed E-state index contributed by atoms with van der Waals surface area (Å²) in [5, 5.41) is 26.5. The summed E-state index contributed by atoms with van der Waals surface area (Å²) in [7, 11) is 2.83. The van der Waals surface area contributed by atoms with Crippen molar-refractivity contribution in [1.29, 1.82) is 0 Å². The quantitative estimate of drug-likeness (QED) is 0.681. The molecular formula is C14H17N3O5. The molecule has 0 saturated carbocycles. The largest absolute Gasteiger partial charge is 0.506 e. The molecule has 0 aliphatic heterocycles. The molecule has 1 aromatic carbocycles. The number of hydrogen-bond donors (Lipinski definition) is 3. The van der Waals surface area contributed by atoms with Crippen LogP contribution in [0.3, 0.4) is 0 Å². The van der Waals surface area contributed by atoms with E-state index in [1.54, 1.807) is 7.05 Å². The summed E-state index contributed by atoms with van der Waals surface area (Å²) in [6.45, 7) is 1.36. The van der Waals surface area contributed by atoms with Gasteiger partial charge in [-0.1, -0.05) is 0 Å². The second-order valence-corrected chi connectivity index (χ2v) is 4.92. The van der Waals surface area contributed by atoms with Gasteiger partial charge in [-0.05, 0) is 19.1 Å². The van der Waals surface area contributed by atoms with Crippen molar-refractivity contribution in [1.82, 2.24) is 15.1 Å². The molecule has 8 nitrogen and oxygen atoms in total. The van der Waals surface area contributed by atoms with Crippen LogP contribution >= 0.6 is 0 Å². The third-order valence-electron chi connectivity index (χ3n) is 3.30. The lowest BCUT2D eigenvalue weighted by Crippen LogP contribution is -2.48. The number of ether oxygens (including phenoxy) is 1. The number of esters is 1. The number of benzene rings is 1. The molecule has 2 unspecified atom stereocenters. The average Bonchev–Trinajstić information content (AvgIpc) is 2.85. The van der Waals surface area contributed by atoms with Gasteiger partial charge in [0.2, 0.25) is 0 Å². The summed E-state index contributed by atoms with van der Waals surface area (Å²) in [6.07, 6.45) is 0.394. The second-order valence-electron chi connectivity index (χ2n) is 4.92. The molecule has 3 N–H and O–H groups in total. The van der Waals surface area contributed by atoms with Crippen molar-refractivity contribution < 1.29 is 24.5 Å². The van der Waals surface area contributed by atoms with Crippen LogP contribution in [0.4, 0.5) is 0 Å². The zero-order chi connectivity index (χ0) is 16.4. The molecule has 0 fully saturated rings. The van der Waals surface area contributed by atoms with E-state index in [1.165, 1.54) is 29.9 Å². The number of hydrogen-bond acceptors (Lipinski definition) is 6. The molecule has 0 spiro atoms. The molecule has 1 heterocycles. The number of nitrogens with zero attached hydrogens (tertiary/aromatic N) is 2. The van der Waals surface area contributed by atoms with Crippen LogP contribution in [-0.2, 0) is 16.6 Å². The summed E-state index contributed by atoms with van der Waals surface area (Å²) >= 11 is 0. The zero-order valence-corrected chi connectivity index (χ0v) is 12.4. The number of aromatic hydroxyl groups is 1. The first-order valence-corrected chi connectivity index (χ1v) is 6.56. The van der Waals surface area contributed by atoms with Crippen LogP contribution < -0.4 is 5.32 Å². The van der Waals surface area contributed by atoms with Gasteiger partial charge >= 0.3 is 5.97 Å². The van der Waals surface area contributed by atoms with Gasteiger partial charge in [-0.3, -0.25) is 9.48 Å². The molecular weight excluding hydrogens is 290 g/mol. The first kappa shape index (κ1) is 15.8. The minimum absolute atomic E-state index is 0.102. The highest BCUT2D eigenvalue weighted by Crippen LogP contribution is 2.25. The molecule has 118 valence electrons. The monoisotopic (exact) mass is 307 g/mol. The maximum absolute atomic E-state index is 12.2. The number of phenols is 1. The number of fused-ring (bicyclic) bond motifs is 1. The minimum Gasteiger partial charge on any atom is -0.506 e. The molecule has 2 aromatic rings. The summed E-state index contributed by atoms with van der Waals surface area (Å²) < 4.78 is 6.02. The molecule has 2 rings (SSSR count). The number of methoxy groups -OCH3 is 1. The van der Waals surface area contributed by atoms with Crippen molar-refractivity contribution in [2.45, 2.75) is 19.1 Å². The Morgan fingerprint density at radius 3 is 2.68 bits per heavy atom. The highest BCUT2D eigenvalue weighted by molar-refractivity contribution is 6.01. The van der Waals surface area contributed by atoms with Crippen molar-refractivity contribution in [3.63, 3.8) is 0 Å². The Morgan fingerprint density at radius 1 is 1.41 bits per heavy atom. The lowest BCUT2D eigenvalue weighted by Gasteiger charge is -2.19.